The van der Waals surface area contributed by atoms with Crippen molar-refractivity contribution < 1.29 is 21.6 Å². The van der Waals surface area contributed by atoms with E-state index < -0.39 is 20.0 Å². The molecule has 7 nitrogen and oxygen atoms in total. The normalized spacial score (nSPS) is 16.5. The van der Waals surface area contributed by atoms with Crippen LogP contribution in [-0.2, 0) is 20.0 Å². The summed E-state index contributed by atoms with van der Waals surface area (Å²) in [6, 6.07) is 8.23. The maximum Gasteiger partial charge on any atom is 0.265 e. The third-order valence-electron chi connectivity index (χ3n) is 4.99. The van der Waals surface area contributed by atoms with Gasteiger partial charge < -0.3 is 4.74 Å². The first-order chi connectivity index (χ1) is 13.5. The Balaban J connectivity index is 2.07. The van der Waals surface area contributed by atoms with Gasteiger partial charge in [-0.05, 0) is 62.9 Å². The predicted octanol–water partition coefficient (Wildman–Crippen LogP) is 3.35. The van der Waals surface area contributed by atoms with Crippen molar-refractivity contribution in [3.05, 3.63) is 47.0 Å². The van der Waals surface area contributed by atoms with E-state index in [1.807, 2.05) is 32.9 Å². The van der Waals surface area contributed by atoms with Crippen LogP contribution in [0.4, 0.5) is 11.4 Å². The Morgan fingerprint density at radius 1 is 1.03 bits per heavy atom. The largest absolute Gasteiger partial charge is 0.495 e. The van der Waals surface area contributed by atoms with E-state index in [1.165, 1.54) is 23.5 Å². The minimum Gasteiger partial charge on any atom is -0.495 e. The molecule has 0 bridgehead atoms. The molecule has 0 spiro atoms. The maximum absolute atomic E-state index is 13.2. The summed E-state index contributed by atoms with van der Waals surface area (Å²) >= 11 is 0. The zero-order valence-corrected chi connectivity index (χ0v) is 18.7. The van der Waals surface area contributed by atoms with Gasteiger partial charge in [-0.15, -0.1) is 0 Å². The number of hydrogen-bond donors (Lipinski definition) is 1. The van der Waals surface area contributed by atoms with Gasteiger partial charge in [0.2, 0.25) is 10.0 Å². The molecule has 2 aromatic carbocycles. The molecule has 0 radical (unpaired) electrons. The lowest BCUT2D eigenvalue weighted by molar-refractivity contribution is 0.403. The summed E-state index contributed by atoms with van der Waals surface area (Å²) in [5, 5.41) is 0. The van der Waals surface area contributed by atoms with Crippen molar-refractivity contribution in [2.24, 2.45) is 0 Å². The van der Waals surface area contributed by atoms with Gasteiger partial charge in [-0.25, -0.2) is 16.8 Å². The highest BCUT2D eigenvalue weighted by Crippen LogP contribution is 2.34. The molecule has 29 heavy (non-hydrogen) atoms. The van der Waals surface area contributed by atoms with E-state index in [4.69, 9.17) is 4.74 Å². The van der Waals surface area contributed by atoms with Crippen LogP contribution in [0.1, 0.15) is 29.5 Å². The fourth-order valence-corrected chi connectivity index (χ4v) is 6.66. The van der Waals surface area contributed by atoms with Crippen molar-refractivity contribution in [3.63, 3.8) is 0 Å². The molecule has 0 amide bonds. The molecule has 0 saturated carbocycles. The molecule has 2 aromatic rings. The summed E-state index contributed by atoms with van der Waals surface area (Å²) in [6.07, 6.45) is 1.33. The molecular weight excluding hydrogens is 412 g/mol. The zero-order chi connectivity index (χ0) is 21.4. The molecule has 0 unspecified atom stereocenters. The molecule has 0 aliphatic carbocycles. The monoisotopic (exact) mass is 438 g/mol. The van der Waals surface area contributed by atoms with Crippen LogP contribution in [0.5, 0.6) is 5.75 Å². The summed E-state index contributed by atoms with van der Waals surface area (Å²) in [5.41, 5.74) is 3.48. The number of sulfonamides is 2. The van der Waals surface area contributed by atoms with Gasteiger partial charge >= 0.3 is 0 Å². The van der Waals surface area contributed by atoms with E-state index in [9.17, 15) is 16.8 Å². The molecular formula is C20H26N2O5S2. The molecule has 9 heteroatoms. The number of ether oxygens (including phenoxy) is 1. The maximum atomic E-state index is 13.2. The number of anilines is 2. The molecule has 1 heterocycles. The van der Waals surface area contributed by atoms with Crippen molar-refractivity contribution >= 4 is 31.4 Å². The first kappa shape index (κ1) is 21.4. The van der Waals surface area contributed by atoms with Gasteiger partial charge in [-0.3, -0.25) is 9.03 Å². The standard InChI is InChI=1S/C20H26N2O5S2/c1-14-11-15(2)20(16(3)12-14)21-29(25,26)19-13-17(7-8-18(19)27-4)22-9-5-6-10-28(22,23)24/h7-8,11-13,21H,5-6,9-10H2,1-4H3. The van der Waals surface area contributed by atoms with Crippen molar-refractivity contribution in [2.75, 3.05) is 28.4 Å². The lowest BCUT2D eigenvalue weighted by Crippen LogP contribution is -2.37. The highest BCUT2D eigenvalue weighted by Gasteiger charge is 2.29. The summed E-state index contributed by atoms with van der Waals surface area (Å²) in [5.74, 6) is 0.208. The van der Waals surface area contributed by atoms with Crippen LogP contribution < -0.4 is 13.8 Å². The van der Waals surface area contributed by atoms with Crippen LogP contribution in [0.3, 0.4) is 0 Å². The summed E-state index contributed by atoms with van der Waals surface area (Å²) < 4.78 is 60.5. The molecule has 1 aliphatic heterocycles. The number of nitrogens with one attached hydrogen (secondary N) is 1. The Bertz CT molecular complexity index is 1120. The molecule has 3 rings (SSSR count). The molecule has 158 valence electrons. The van der Waals surface area contributed by atoms with Gasteiger partial charge in [0.25, 0.3) is 10.0 Å². The fourth-order valence-electron chi connectivity index (χ4n) is 3.64. The summed E-state index contributed by atoms with van der Waals surface area (Å²) in [4.78, 5) is -0.0994. The highest BCUT2D eigenvalue weighted by molar-refractivity contribution is 7.93. The van der Waals surface area contributed by atoms with Crippen LogP contribution in [0.15, 0.2) is 35.2 Å². The first-order valence-corrected chi connectivity index (χ1v) is 12.4. The highest BCUT2D eigenvalue weighted by atomic mass is 32.2. The predicted molar refractivity (Wildman–Crippen MR) is 115 cm³/mol. The second-order valence-corrected chi connectivity index (χ2v) is 11.0. The lowest BCUT2D eigenvalue weighted by atomic mass is 10.1. The number of hydrogen-bond acceptors (Lipinski definition) is 5. The van der Waals surface area contributed by atoms with Gasteiger partial charge in [-0.2, -0.15) is 0 Å². The van der Waals surface area contributed by atoms with E-state index in [0.29, 0.717) is 24.3 Å². The van der Waals surface area contributed by atoms with Crippen molar-refractivity contribution in [1.82, 2.24) is 0 Å². The SMILES string of the molecule is COc1ccc(N2CCCCS2(=O)=O)cc1S(=O)(=O)Nc1c(C)cc(C)cc1C. The van der Waals surface area contributed by atoms with E-state index >= 15 is 0 Å². The Morgan fingerprint density at radius 2 is 1.69 bits per heavy atom. The van der Waals surface area contributed by atoms with Crippen LogP contribution in [0, 0.1) is 20.8 Å². The van der Waals surface area contributed by atoms with Crippen molar-refractivity contribution in [1.29, 1.82) is 0 Å². The minimum atomic E-state index is -4.01. The van der Waals surface area contributed by atoms with E-state index in [-0.39, 0.29) is 16.4 Å². The Morgan fingerprint density at radius 3 is 2.28 bits per heavy atom. The van der Waals surface area contributed by atoms with Crippen molar-refractivity contribution in [3.8, 4) is 5.75 Å². The van der Waals surface area contributed by atoms with Crippen molar-refractivity contribution in [2.45, 2.75) is 38.5 Å². The quantitative estimate of drug-likeness (QED) is 0.773. The van der Waals surface area contributed by atoms with Gasteiger partial charge in [0.1, 0.15) is 10.6 Å². The van der Waals surface area contributed by atoms with E-state index in [2.05, 4.69) is 4.72 Å². The number of rotatable bonds is 5. The van der Waals surface area contributed by atoms with Crippen LogP contribution in [0.2, 0.25) is 0 Å². The number of benzene rings is 2. The van der Waals surface area contributed by atoms with Gasteiger partial charge in [0, 0.05) is 6.54 Å². The minimum absolute atomic E-state index is 0.0567. The smallest absolute Gasteiger partial charge is 0.265 e. The second kappa shape index (κ2) is 7.87. The van der Waals surface area contributed by atoms with Crippen LogP contribution in [0.25, 0.3) is 0 Å². The van der Waals surface area contributed by atoms with E-state index in [0.717, 1.165) is 23.1 Å². The van der Waals surface area contributed by atoms with Gasteiger partial charge in [0.15, 0.2) is 0 Å². The number of aryl methyl sites for hydroxylation is 3. The third kappa shape index (κ3) is 4.35. The Kier molecular flexibility index (Phi) is 5.82. The number of methoxy groups -OCH3 is 1. The second-order valence-electron chi connectivity index (χ2n) is 7.31. The molecule has 1 aliphatic rings. The van der Waals surface area contributed by atoms with Gasteiger partial charge in [-0.1, -0.05) is 17.7 Å². The average molecular weight is 439 g/mol. The van der Waals surface area contributed by atoms with Gasteiger partial charge in [0.05, 0.1) is 24.2 Å². The lowest BCUT2D eigenvalue weighted by Gasteiger charge is -2.28. The van der Waals surface area contributed by atoms with Crippen LogP contribution >= 0.6 is 0 Å². The topological polar surface area (TPSA) is 92.8 Å². The molecule has 1 N–H and O–H groups in total. The number of nitrogens with zero attached hydrogens (tertiary/aromatic N) is 1. The van der Waals surface area contributed by atoms with Crippen LogP contribution in [-0.4, -0.2) is 36.2 Å². The third-order valence-corrected chi connectivity index (χ3v) is 8.23. The summed E-state index contributed by atoms with van der Waals surface area (Å²) in [6.45, 7) is 5.96. The molecule has 1 saturated heterocycles. The molecule has 1 fully saturated rings. The van der Waals surface area contributed by atoms with E-state index in [1.54, 1.807) is 6.07 Å². The Hall–Kier alpha value is -2.26. The fraction of sp³-hybridized carbons (Fsp3) is 0.400. The Labute approximate surface area is 172 Å². The zero-order valence-electron chi connectivity index (χ0n) is 17.0. The molecule has 0 atom stereocenters. The average Bonchev–Trinajstić information content (AvgIpc) is 2.64. The first-order valence-electron chi connectivity index (χ1n) is 9.34. The summed E-state index contributed by atoms with van der Waals surface area (Å²) in [7, 11) is -6.08. The molecule has 0 aromatic heterocycles.